The second-order valence-corrected chi connectivity index (χ2v) is 6.66. The number of halogens is 1. The Morgan fingerprint density at radius 2 is 1.92 bits per heavy atom. The molecule has 0 saturated carbocycles. The Morgan fingerprint density at radius 3 is 2.58 bits per heavy atom. The Morgan fingerprint density at radius 1 is 1.15 bits per heavy atom. The van der Waals surface area contributed by atoms with Gasteiger partial charge < -0.3 is 19.6 Å². The van der Waals surface area contributed by atoms with Gasteiger partial charge in [0.2, 0.25) is 0 Å². The molecule has 0 unspecified atom stereocenters. The number of nitrogens with one attached hydrogen (secondary N) is 1. The Balaban J connectivity index is 1.61. The molecule has 2 aromatic carbocycles. The second-order valence-electron chi connectivity index (χ2n) is 5.74. The Bertz CT molecular complexity index is 902. The minimum Gasteiger partial charge on any atom is -0.484 e. The van der Waals surface area contributed by atoms with Gasteiger partial charge in [0.05, 0.1) is 0 Å². The third kappa shape index (κ3) is 4.53. The molecule has 1 amide bonds. The van der Waals surface area contributed by atoms with Gasteiger partial charge in [-0.05, 0) is 67.1 Å². The molecule has 0 aliphatic rings. The Labute approximate surface area is 159 Å². The zero-order valence-electron chi connectivity index (χ0n) is 14.2. The Hall–Kier alpha value is -2.57. The van der Waals surface area contributed by atoms with Gasteiger partial charge in [0.25, 0.3) is 5.91 Å². The maximum absolute atomic E-state index is 12.1. The first kappa shape index (κ1) is 18.2. The van der Waals surface area contributed by atoms with Gasteiger partial charge in [-0.25, -0.2) is 0 Å². The molecule has 0 radical (unpaired) electrons. The highest BCUT2D eigenvalue weighted by Gasteiger charge is 2.10. The van der Waals surface area contributed by atoms with Crippen molar-refractivity contribution in [3.8, 4) is 17.1 Å². The predicted molar refractivity (Wildman–Crippen MR) is 103 cm³/mol. The fourth-order valence-electron chi connectivity index (χ4n) is 2.50. The van der Waals surface area contributed by atoms with Crippen LogP contribution in [0, 0.1) is 6.92 Å². The highest BCUT2D eigenvalue weighted by atomic mass is 79.9. The molecule has 5 nitrogen and oxygen atoms in total. The number of aliphatic hydroxyl groups excluding tert-OH is 1. The lowest BCUT2D eigenvalue weighted by Crippen LogP contribution is -2.20. The van der Waals surface area contributed by atoms with E-state index >= 15 is 0 Å². The van der Waals surface area contributed by atoms with Crippen LogP contribution in [-0.4, -0.2) is 17.6 Å². The number of amides is 1. The van der Waals surface area contributed by atoms with E-state index in [1.54, 1.807) is 24.3 Å². The number of rotatable bonds is 6. The van der Waals surface area contributed by atoms with Crippen molar-refractivity contribution in [2.45, 2.75) is 13.5 Å². The van der Waals surface area contributed by atoms with E-state index in [1.165, 1.54) is 0 Å². The summed E-state index contributed by atoms with van der Waals surface area (Å²) in [5.74, 6) is 1.60. The maximum atomic E-state index is 12.1. The van der Waals surface area contributed by atoms with Crippen molar-refractivity contribution >= 4 is 27.5 Å². The summed E-state index contributed by atoms with van der Waals surface area (Å²) < 4.78 is 12.0. The van der Waals surface area contributed by atoms with Gasteiger partial charge in [0.15, 0.2) is 6.61 Å². The number of benzene rings is 2. The van der Waals surface area contributed by atoms with Crippen LogP contribution in [-0.2, 0) is 11.4 Å². The fraction of sp³-hybridized carbons (Fsp3) is 0.150. The average molecular weight is 416 g/mol. The zero-order chi connectivity index (χ0) is 18.5. The molecule has 3 aromatic rings. The summed E-state index contributed by atoms with van der Waals surface area (Å²) in [7, 11) is 0. The summed E-state index contributed by atoms with van der Waals surface area (Å²) in [5, 5.41) is 11.9. The lowest BCUT2D eigenvalue weighted by molar-refractivity contribution is -0.118. The van der Waals surface area contributed by atoms with Crippen LogP contribution in [0.15, 0.2) is 63.5 Å². The van der Waals surface area contributed by atoms with Crippen molar-refractivity contribution in [1.29, 1.82) is 0 Å². The zero-order valence-corrected chi connectivity index (χ0v) is 15.7. The molecule has 1 aromatic heterocycles. The van der Waals surface area contributed by atoms with Crippen molar-refractivity contribution in [2.24, 2.45) is 0 Å². The minimum atomic E-state index is -0.236. The van der Waals surface area contributed by atoms with Crippen LogP contribution in [0.25, 0.3) is 11.3 Å². The molecule has 2 N–H and O–H groups in total. The molecule has 0 spiro atoms. The standard InChI is InChI=1S/C20H18BrNO4/c1-13-10-15(4-8-18(13)19-9-7-17(11-23)26-19)22-20(24)12-25-16-5-2-14(21)3-6-16/h2-10,23H,11-12H2,1H3,(H,22,24). The smallest absolute Gasteiger partial charge is 0.262 e. The molecule has 0 aliphatic heterocycles. The van der Waals surface area contributed by atoms with Crippen molar-refractivity contribution < 1.29 is 19.1 Å². The topological polar surface area (TPSA) is 71.7 Å². The van der Waals surface area contributed by atoms with Crippen molar-refractivity contribution in [3.05, 3.63) is 70.4 Å². The number of hydrogen-bond acceptors (Lipinski definition) is 4. The summed E-state index contributed by atoms with van der Waals surface area (Å²) >= 11 is 3.35. The quantitative estimate of drug-likeness (QED) is 0.620. The van der Waals surface area contributed by atoms with Gasteiger partial charge in [0.1, 0.15) is 23.9 Å². The van der Waals surface area contributed by atoms with E-state index in [4.69, 9.17) is 14.3 Å². The van der Waals surface area contributed by atoms with Crippen molar-refractivity contribution in [3.63, 3.8) is 0 Å². The summed E-state index contributed by atoms with van der Waals surface area (Å²) in [6, 6.07) is 16.4. The van der Waals surface area contributed by atoms with Gasteiger partial charge in [-0.15, -0.1) is 0 Å². The molecule has 3 rings (SSSR count). The number of furan rings is 1. The van der Waals surface area contributed by atoms with Gasteiger partial charge in [0, 0.05) is 15.7 Å². The third-order valence-electron chi connectivity index (χ3n) is 3.78. The van der Waals surface area contributed by atoms with Gasteiger partial charge in [-0.3, -0.25) is 4.79 Å². The van der Waals surface area contributed by atoms with Crippen LogP contribution in [0.1, 0.15) is 11.3 Å². The summed E-state index contributed by atoms with van der Waals surface area (Å²) in [4.78, 5) is 12.1. The summed E-state index contributed by atoms with van der Waals surface area (Å²) in [6.07, 6.45) is 0. The molecule has 134 valence electrons. The minimum absolute atomic E-state index is 0.0690. The molecule has 0 saturated heterocycles. The van der Waals surface area contributed by atoms with E-state index in [0.717, 1.165) is 15.6 Å². The molecular weight excluding hydrogens is 398 g/mol. The van der Waals surface area contributed by atoms with Crippen molar-refractivity contribution in [1.82, 2.24) is 0 Å². The van der Waals surface area contributed by atoms with E-state index in [2.05, 4.69) is 21.2 Å². The molecular formula is C20H18BrNO4. The number of ether oxygens (including phenoxy) is 1. The first-order valence-corrected chi connectivity index (χ1v) is 8.83. The molecule has 0 bridgehead atoms. The van der Waals surface area contributed by atoms with E-state index in [9.17, 15) is 4.79 Å². The van der Waals surface area contributed by atoms with E-state index in [-0.39, 0.29) is 19.1 Å². The molecule has 26 heavy (non-hydrogen) atoms. The normalized spacial score (nSPS) is 10.6. The molecule has 6 heteroatoms. The highest BCUT2D eigenvalue weighted by Crippen LogP contribution is 2.27. The highest BCUT2D eigenvalue weighted by molar-refractivity contribution is 9.10. The first-order valence-electron chi connectivity index (χ1n) is 8.04. The second kappa shape index (κ2) is 8.21. The van der Waals surface area contributed by atoms with E-state index in [0.29, 0.717) is 23.0 Å². The first-order chi connectivity index (χ1) is 12.5. The lowest BCUT2D eigenvalue weighted by atomic mass is 10.1. The molecule has 0 atom stereocenters. The predicted octanol–water partition coefficient (Wildman–Crippen LogP) is 4.53. The van der Waals surface area contributed by atoms with Crippen LogP contribution >= 0.6 is 15.9 Å². The SMILES string of the molecule is Cc1cc(NC(=O)COc2ccc(Br)cc2)ccc1-c1ccc(CO)o1. The molecule has 1 heterocycles. The van der Waals surface area contributed by atoms with Crippen molar-refractivity contribution in [2.75, 3.05) is 11.9 Å². The van der Waals surface area contributed by atoms with Crippen LogP contribution in [0.2, 0.25) is 0 Å². The fourth-order valence-corrected chi connectivity index (χ4v) is 2.77. The number of carbonyl (C=O) groups excluding carboxylic acids is 1. The maximum Gasteiger partial charge on any atom is 0.262 e. The van der Waals surface area contributed by atoms with Crippen LogP contribution in [0.5, 0.6) is 5.75 Å². The number of anilines is 1. The largest absolute Gasteiger partial charge is 0.484 e. The van der Waals surface area contributed by atoms with Gasteiger partial charge in [-0.1, -0.05) is 15.9 Å². The van der Waals surface area contributed by atoms with E-state index in [1.807, 2.05) is 37.3 Å². The summed E-state index contributed by atoms with van der Waals surface area (Å²) in [6.45, 7) is 1.73. The Kier molecular flexibility index (Phi) is 5.75. The number of aliphatic hydroxyl groups is 1. The van der Waals surface area contributed by atoms with Gasteiger partial charge >= 0.3 is 0 Å². The van der Waals surface area contributed by atoms with Crippen LogP contribution in [0.3, 0.4) is 0 Å². The molecule has 0 aliphatic carbocycles. The van der Waals surface area contributed by atoms with Gasteiger partial charge in [-0.2, -0.15) is 0 Å². The van der Waals surface area contributed by atoms with E-state index < -0.39 is 0 Å². The third-order valence-corrected chi connectivity index (χ3v) is 4.31. The van der Waals surface area contributed by atoms with Crippen LogP contribution in [0.4, 0.5) is 5.69 Å². The van der Waals surface area contributed by atoms with Crippen LogP contribution < -0.4 is 10.1 Å². The average Bonchev–Trinajstić information content (AvgIpc) is 3.10. The summed E-state index contributed by atoms with van der Waals surface area (Å²) in [5.41, 5.74) is 2.55. The lowest BCUT2D eigenvalue weighted by Gasteiger charge is -2.10. The molecule has 0 fully saturated rings. The number of carbonyl (C=O) groups is 1. The monoisotopic (exact) mass is 415 g/mol. The number of hydrogen-bond donors (Lipinski definition) is 2. The number of aryl methyl sites for hydroxylation is 1.